The molecule has 0 aromatic rings. The number of nitrogens with zero attached hydrogens (tertiary/aromatic N) is 1. The zero-order valence-electron chi connectivity index (χ0n) is 6.19. The van der Waals surface area contributed by atoms with Crippen molar-refractivity contribution in [2.75, 3.05) is 6.61 Å². The summed E-state index contributed by atoms with van der Waals surface area (Å²) >= 11 is 1.36. The molecule has 1 rings (SSSR count). The van der Waals surface area contributed by atoms with Gasteiger partial charge in [0, 0.05) is 6.20 Å². The Bertz CT molecular complexity index is 201. The molecule has 60 valence electrons. The van der Waals surface area contributed by atoms with Crippen molar-refractivity contribution < 1.29 is 9.53 Å². The molecule has 4 heteroatoms. The van der Waals surface area contributed by atoms with Crippen molar-refractivity contribution in [3.05, 3.63) is 12.3 Å². The van der Waals surface area contributed by atoms with E-state index in [4.69, 9.17) is 4.74 Å². The molecule has 1 atom stereocenters. The summed E-state index contributed by atoms with van der Waals surface area (Å²) in [5.74, 6) is -0.195. The average molecular weight is 171 g/mol. The molecule has 11 heavy (non-hydrogen) atoms. The topological polar surface area (TPSA) is 38.7 Å². The van der Waals surface area contributed by atoms with Gasteiger partial charge in [-0.05, 0) is 13.0 Å². The first-order valence-corrected chi connectivity index (χ1v) is 4.29. The van der Waals surface area contributed by atoms with Gasteiger partial charge in [0.25, 0.3) is 0 Å². The summed E-state index contributed by atoms with van der Waals surface area (Å²) in [6.07, 6.45) is 3.33. The molecule has 0 saturated carbocycles. The maximum Gasteiger partial charge on any atom is 0.323 e. The molecule has 0 saturated heterocycles. The molecule has 1 unspecified atom stereocenters. The van der Waals surface area contributed by atoms with Crippen LogP contribution in [0.5, 0.6) is 0 Å². The molecule has 0 aliphatic carbocycles. The van der Waals surface area contributed by atoms with Crippen molar-refractivity contribution in [3.63, 3.8) is 0 Å². The molecule has 3 nitrogen and oxygen atoms in total. The van der Waals surface area contributed by atoms with Crippen molar-refractivity contribution in [3.8, 4) is 0 Å². The number of rotatable bonds is 2. The van der Waals surface area contributed by atoms with E-state index >= 15 is 0 Å². The van der Waals surface area contributed by atoms with Gasteiger partial charge in [-0.15, -0.1) is 0 Å². The van der Waals surface area contributed by atoms with Crippen LogP contribution in [0.2, 0.25) is 0 Å². The second-order valence-electron chi connectivity index (χ2n) is 1.90. The predicted octanol–water partition coefficient (Wildman–Crippen LogP) is 1.21. The Balaban J connectivity index is 2.42. The van der Waals surface area contributed by atoms with Crippen LogP contribution in [0.1, 0.15) is 6.92 Å². The highest BCUT2D eigenvalue weighted by Gasteiger charge is 2.17. The highest BCUT2D eigenvalue weighted by Crippen LogP contribution is 2.14. The van der Waals surface area contributed by atoms with Gasteiger partial charge in [-0.1, -0.05) is 11.8 Å². The first-order valence-electron chi connectivity index (χ1n) is 3.35. The van der Waals surface area contributed by atoms with E-state index in [1.54, 1.807) is 24.7 Å². The second kappa shape index (κ2) is 4.18. The molecule has 0 N–H and O–H groups in total. The first kappa shape index (κ1) is 8.33. The molecule has 1 aliphatic heterocycles. The highest BCUT2D eigenvalue weighted by atomic mass is 32.2. The number of carbonyl (C=O) groups is 1. The van der Waals surface area contributed by atoms with Crippen molar-refractivity contribution >= 4 is 23.3 Å². The van der Waals surface area contributed by atoms with Crippen molar-refractivity contribution in [1.82, 2.24) is 0 Å². The minimum atomic E-state index is -0.201. The molecule has 0 radical (unpaired) electrons. The van der Waals surface area contributed by atoms with Crippen LogP contribution in [0.3, 0.4) is 0 Å². The SMILES string of the molecule is CCOC(=O)C1C=CN=CS1. The third-order valence-corrected chi connectivity index (χ3v) is 2.02. The Kier molecular flexibility index (Phi) is 3.16. The standard InChI is InChI=1S/C7H9NO2S/c1-2-10-7(9)6-3-4-8-5-11-6/h3-6H,2H2,1H3. The van der Waals surface area contributed by atoms with E-state index < -0.39 is 0 Å². The Labute approximate surface area is 69.5 Å². The lowest BCUT2D eigenvalue weighted by Gasteiger charge is -2.09. The Hall–Kier alpha value is -0.770. The van der Waals surface area contributed by atoms with Crippen LogP contribution >= 0.6 is 11.8 Å². The van der Waals surface area contributed by atoms with Crippen molar-refractivity contribution in [2.24, 2.45) is 4.99 Å². The lowest BCUT2D eigenvalue weighted by atomic mass is 10.4. The average Bonchev–Trinajstić information content (AvgIpc) is 2.07. The van der Waals surface area contributed by atoms with Crippen LogP contribution in [-0.2, 0) is 9.53 Å². The zero-order chi connectivity index (χ0) is 8.10. The maximum absolute atomic E-state index is 11.0. The lowest BCUT2D eigenvalue weighted by Crippen LogP contribution is -2.18. The fourth-order valence-electron chi connectivity index (χ4n) is 0.668. The number of ether oxygens (including phenoxy) is 1. The van der Waals surface area contributed by atoms with Gasteiger partial charge in [0.2, 0.25) is 0 Å². The van der Waals surface area contributed by atoms with E-state index in [1.165, 1.54) is 11.8 Å². The van der Waals surface area contributed by atoms with Gasteiger partial charge in [0.15, 0.2) is 0 Å². The van der Waals surface area contributed by atoms with Gasteiger partial charge < -0.3 is 4.74 Å². The van der Waals surface area contributed by atoms with Crippen LogP contribution in [0.4, 0.5) is 0 Å². The summed E-state index contributed by atoms with van der Waals surface area (Å²) in [6, 6.07) is 0. The summed E-state index contributed by atoms with van der Waals surface area (Å²) in [5.41, 5.74) is 1.64. The molecule has 1 heterocycles. The van der Waals surface area contributed by atoms with Crippen LogP contribution in [0, 0.1) is 0 Å². The van der Waals surface area contributed by atoms with E-state index in [-0.39, 0.29) is 11.2 Å². The normalized spacial score (nSPS) is 21.7. The molecule has 0 aromatic heterocycles. The fraction of sp³-hybridized carbons (Fsp3) is 0.429. The maximum atomic E-state index is 11.0. The summed E-state index contributed by atoms with van der Waals surface area (Å²) < 4.78 is 4.81. The van der Waals surface area contributed by atoms with Gasteiger partial charge in [-0.3, -0.25) is 9.79 Å². The molecule has 0 fully saturated rings. The van der Waals surface area contributed by atoms with Crippen molar-refractivity contribution in [2.45, 2.75) is 12.2 Å². The molecular weight excluding hydrogens is 162 g/mol. The minimum absolute atomic E-state index is 0.195. The van der Waals surface area contributed by atoms with E-state index in [1.807, 2.05) is 0 Å². The Morgan fingerprint density at radius 3 is 3.18 bits per heavy atom. The predicted molar refractivity (Wildman–Crippen MR) is 45.6 cm³/mol. The van der Waals surface area contributed by atoms with Crippen LogP contribution in [-0.4, -0.2) is 23.4 Å². The fourth-order valence-corrected chi connectivity index (χ4v) is 1.28. The lowest BCUT2D eigenvalue weighted by molar-refractivity contribution is -0.141. The number of hydrogen-bond donors (Lipinski definition) is 0. The van der Waals surface area contributed by atoms with Gasteiger partial charge in [0.1, 0.15) is 5.25 Å². The molecule has 0 aromatic carbocycles. The smallest absolute Gasteiger partial charge is 0.323 e. The number of carbonyl (C=O) groups excluding carboxylic acids is 1. The van der Waals surface area contributed by atoms with Gasteiger partial charge in [-0.2, -0.15) is 0 Å². The molecule has 0 amide bonds. The zero-order valence-corrected chi connectivity index (χ0v) is 7.00. The number of hydrogen-bond acceptors (Lipinski definition) is 4. The second-order valence-corrected chi connectivity index (χ2v) is 2.90. The van der Waals surface area contributed by atoms with E-state index in [2.05, 4.69) is 4.99 Å². The monoisotopic (exact) mass is 171 g/mol. The largest absolute Gasteiger partial charge is 0.465 e. The van der Waals surface area contributed by atoms with Gasteiger partial charge in [-0.25, -0.2) is 0 Å². The van der Waals surface area contributed by atoms with E-state index in [0.717, 1.165) is 0 Å². The molecule has 0 spiro atoms. The number of esters is 1. The minimum Gasteiger partial charge on any atom is -0.465 e. The summed E-state index contributed by atoms with van der Waals surface area (Å²) in [4.78, 5) is 14.9. The van der Waals surface area contributed by atoms with Crippen LogP contribution in [0.15, 0.2) is 17.3 Å². The van der Waals surface area contributed by atoms with Crippen LogP contribution in [0.25, 0.3) is 0 Å². The third-order valence-electron chi connectivity index (χ3n) is 1.13. The Morgan fingerprint density at radius 1 is 1.82 bits per heavy atom. The molecule has 1 aliphatic rings. The summed E-state index contributed by atoms with van der Waals surface area (Å²) in [7, 11) is 0. The number of thioether (sulfide) groups is 1. The van der Waals surface area contributed by atoms with E-state index in [9.17, 15) is 4.79 Å². The Morgan fingerprint density at radius 2 is 2.64 bits per heavy atom. The quantitative estimate of drug-likeness (QED) is 0.586. The van der Waals surface area contributed by atoms with E-state index in [0.29, 0.717) is 6.61 Å². The van der Waals surface area contributed by atoms with Crippen molar-refractivity contribution in [1.29, 1.82) is 0 Å². The first-order chi connectivity index (χ1) is 5.34. The van der Waals surface area contributed by atoms with Gasteiger partial charge in [0.05, 0.1) is 12.2 Å². The number of aliphatic imine (C=N–C) groups is 1. The summed E-state index contributed by atoms with van der Waals surface area (Å²) in [6.45, 7) is 2.23. The van der Waals surface area contributed by atoms with Crippen LogP contribution < -0.4 is 0 Å². The van der Waals surface area contributed by atoms with Gasteiger partial charge >= 0.3 is 5.97 Å². The highest BCUT2D eigenvalue weighted by molar-refractivity contribution is 8.13. The molecule has 0 bridgehead atoms. The third kappa shape index (κ3) is 2.38. The summed E-state index contributed by atoms with van der Waals surface area (Å²) in [5, 5.41) is -0.201. The molecular formula is C7H9NO2S.